The van der Waals surface area contributed by atoms with E-state index in [2.05, 4.69) is 10.0 Å². The predicted octanol–water partition coefficient (Wildman–Crippen LogP) is 3.86. The molecule has 0 heterocycles. The van der Waals surface area contributed by atoms with Gasteiger partial charge in [-0.05, 0) is 36.1 Å². The van der Waals surface area contributed by atoms with Crippen LogP contribution in [0.2, 0.25) is 0 Å². The lowest BCUT2D eigenvalue weighted by Gasteiger charge is -2.12. The van der Waals surface area contributed by atoms with Crippen molar-refractivity contribution in [2.75, 3.05) is 11.6 Å². The highest BCUT2D eigenvalue weighted by Gasteiger charge is 2.30. The zero-order valence-electron chi connectivity index (χ0n) is 14.4. The first-order valence-electron chi connectivity index (χ1n) is 7.64. The molecule has 0 aliphatic rings. The van der Waals surface area contributed by atoms with E-state index in [1.54, 1.807) is 12.3 Å². The van der Waals surface area contributed by atoms with Crippen LogP contribution < -0.4 is 10.0 Å². The van der Waals surface area contributed by atoms with Crippen molar-refractivity contribution >= 4 is 33.4 Å². The smallest absolute Gasteiger partial charge is 0.325 e. The number of hydrogen-bond donors (Lipinski definition) is 2. The van der Waals surface area contributed by atoms with Gasteiger partial charge in [-0.1, -0.05) is 18.2 Å². The molecule has 0 atom stereocenters. The molecule has 10 heteroatoms. The van der Waals surface area contributed by atoms with Crippen molar-refractivity contribution in [3.8, 4) is 0 Å². The first-order valence-corrected chi connectivity index (χ1v) is 10.3. The average molecular weight is 418 g/mol. The second kappa shape index (κ2) is 8.32. The lowest BCUT2D eigenvalue weighted by molar-refractivity contribution is -0.137. The van der Waals surface area contributed by atoms with Gasteiger partial charge in [0.15, 0.2) is 0 Å². The van der Waals surface area contributed by atoms with Crippen LogP contribution in [0.5, 0.6) is 0 Å². The number of alkyl halides is 3. The molecule has 2 aromatic carbocycles. The van der Waals surface area contributed by atoms with Gasteiger partial charge in [-0.2, -0.15) is 13.2 Å². The summed E-state index contributed by atoms with van der Waals surface area (Å²) < 4.78 is 65.5. The molecule has 0 unspecified atom stereocenters. The summed E-state index contributed by atoms with van der Waals surface area (Å²) in [5.41, 5.74) is -0.329. The number of amides is 1. The van der Waals surface area contributed by atoms with Crippen LogP contribution in [0.15, 0.2) is 52.3 Å². The maximum atomic E-state index is 12.8. The lowest BCUT2D eigenvalue weighted by atomic mass is 10.1. The highest BCUT2D eigenvalue weighted by atomic mass is 32.2. The van der Waals surface area contributed by atoms with Gasteiger partial charge < -0.3 is 5.32 Å². The standard InChI is InChI=1S/C17H17F3N2O3S2/c1-11(23)22-15-9-14(6-7-16(15)26-2)27(24,25)21-10-12-4-3-5-13(8-12)17(18,19)20/h3-9,21H,10H2,1-2H3,(H,22,23). The minimum Gasteiger partial charge on any atom is -0.325 e. The van der Waals surface area contributed by atoms with Crippen molar-refractivity contribution in [3.63, 3.8) is 0 Å². The third-order valence-electron chi connectivity index (χ3n) is 3.51. The highest BCUT2D eigenvalue weighted by Crippen LogP contribution is 2.30. The highest BCUT2D eigenvalue weighted by molar-refractivity contribution is 7.98. The van der Waals surface area contributed by atoms with Gasteiger partial charge in [0.25, 0.3) is 0 Å². The Morgan fingerprint density at radius 2 is 1.85 bits per heavy atom. The molecular weight excluding hydrogens is 401 g/mol. The normalized spacial score (nSPS) is 12.0. The molecule has 0 bridgehead atoms. The van der Waals surface area contributed by atoms with E-state index in [-0.39, 0.29) is 22.9 Å². The molecule has 27 heavy (non-hydrogen) atoms. The van der Waals surface area contributed by atoms with E-state index in [0.717, 1.165) is 12.1 Å². The monoisotopic (exact) mass is 418 g/mol. The largest absolute Gasteiger partial charge is 0.416 e. The van der Waals surface area contributed by atoms with Crippen LogP contribution in [-0.4, -0.2) is 20.6 Å². The van der Waals surface area contributed by atoms with Crippen LogP contribution in [0.4, 0.5) is 18.9 Å². The second-order valence-corrected chi connectivity index (χ2v) is 8.18. The third kappa shape index (κ3) is 5.72. The minimum atomic E-state index is -4.50. The average Bonchev–Trinajstić information content (AvgIpc) is 2.59. The molecule has 2 rings (SSSR count). The van der Waals surface area contributed by atoms with Gasteiger partial charge in [0.05, 0.1) is 16.1 Å². The maximum Gasteiger partial charge on any atom is 0.416 e. The summed E-state index contributed by atoms with van der Waals surface area (Å²) in [6.45, 7) is 1.00. The second-order valence-electron chi connectivity index (χ2n) is 5.57. The Balaban J connectivity index is 2.23. The fourth-order valence-electron chi connectivity index (χ4n) is 2.26. The molecule has 0 spiro atoms. The summed E-state index contributed by atoms with van der Waals surface area (Å²) in [6, 6.07) is 8.65. The van der Waals surface area contributed by atoms with Gasteiger partial charge in [0.1, 0.15) is 0 Å². The van der Waals surface area contributed by atoms with Crippen LogP contribution in [-0.2, 0) is 27.5 Å². The van der Waals surface area contributed by atoms with Crippen LogP contribution in [0.3, 0.4) is 0 Å². The van der Waals surface area contributed by atoms with Gasteiger partial charge >= 0.3 is 6.18 Å². The predicted molar refractivity (Wildman–Crippen MR) is 98.0 cm³/mol. The summed E-state index contributed by atoms with van der Waals surface area (Å²) in [7, 11) is -3.98. The molecule has 0 saturated heterocycles. The molecule has 0 aliphatic heterocycles. The molecule has 2 aromatic rings. The number of halogens is 3. The summed E-state index contributed by atoms with van der Waals surface area (Å²) in [5.74, 6) is -0.350. The number of nitrogens with one attached hydrogen (secondary N) is 2. The van der Waals surface area contributed by atoms with Crippen molar-refractivity contribution in [1.82, 2.24) is 4.72 Å². The molecule has 0 fully saturated rings. The number of hydrogen-bond acceptors (Lipinski definition) is 4. The number of thioether (sulfide) groups is 1. The van der Waals surface area contributed by atoms with Crippen molar-refractivity contribution in [3.05, 3.63) is 53.6 Å². The van der Waals surface area contributed by atoms with Gasteiger partial charge in [-0.15, -0.1) is 11.8 Å². The van der Waals surface area contributed by atoms with Crippen molar-refractivity contribution in [2.45, 2.75) is 29.4 Å². The number of carbonyl (C=O) groups is 1. The molecule has 0 aromatic heterocycles. The van der Waals surface area contributed by atoms with E-state index in [9.17, 15) is 26.4 Å². The number of carbonyl (C=O) groups excluding carboxylic acids is 1. The fourth-order valence-corrected chi connectivity index (χ4v) is 3.84. The summed E-state index contributed by atoms with van der Waals surface area (Å²) >= 11 is 1.33. The van der Waals surface area contributed by atoms with Crippen LogP contribution in [0.1, 0.15) is 18.1 Å². The Morgan fingerprint density at radius 3 is 2.44 bits per heavy atom. The first kappa shape index (κ1) is 21.3. The summed E-state index contributed by atoms with van der Waals surface area (Å²) in [6.07, 6.45) is -2.73. The summed E-state index contributed by atoms with van der Waals surface area (Å²) in [4.78, 5) is 11.9. The van der Waals surface area contributed by atoms with E-state index in [1.165, 1.54) is 43.0 Å². The molecule has 0 saturated carbocycles. The summed E-state index contributed by atoms with van der Waals surface area (Å²) in [5, 5.41) is 2.56. The fraction of sp³-hybridized carbons (Fsp3) is 0.235. The zero-order valence-corrected chi connectivity index (χ0v) is 16.1. The minimum absolute atomic E-state index is 0.101. The van der Waals surface area contributed by atoms with Crippen LogP contribution in [0, 0.1) is 0 Å². The Morgan fingerprint density at radius 1 is 1.15 bits per heavy atom. The lowest BCUT2D eigenvalue weighted by Crippen LogP contribution is -2.23. The molecule has 2 N–H and O–H groups in total. The Hall–Kier alpha value is -2.04. The molecule has 146 valence electrons. The molecule has 0 aliphatic carbocycles. The molecular formula is C17H17F3N2O3S2. The molecule has 5 nitrogen and oxygen atoms in total. The number of anilines is 1. The van der Waals surface area contributed by atoms with Crippen molar-refractivity contribution in [1.29, 1.82) is 0 Å². The Labute approximate surface area is 159 Å². The SMILES string of the molecule is CSc1ccc(S(=O)(=O)NCc2cccc(C(F)(F)F)c2)cc1NC(C)=O. The van der Waals surface area contributed by atoms with Crippen LogP contribution in [0.25, 0.3) is 0 Å². The van der Waals surface area contributed by atoms with E-state index in [4.69, 9.17) is 0 Å². The van der Waals surface area contributed by atoms with Crippen molar-refractivity contribution in [2.24, 2.45) is 0 Å². The quantitative estimate of drug-likeness (QED) is 0.699. The molecule has 0 radical (unpaired) electrons. The zero-order chi connectivity index (χ0) is 20.2. The van der Waals surface area contributed by atoms with E-state index >= 15 is 0 Å². The topological polar surface area (TPSA) is 75.3 Å². The number of benzene rings is 2. The van der Waals surface area contributed by atoms with Gasteiger partial charge in [0.2, 0.25) is 15.9 Å². The maximum absolute atomic E-state index is 12.8. The van der Waals surface area contributed by atoms with Crippen LogP contribution >= 0.6 is 11.8 Å². The Bertz CT molecular complexity index is 945. The van der Waals surface area contributed by atoms with E-state index in [0.29, 0.717) is 10.6 Å². The van der Waals surface area contributed by atoms with E-state index in [1.807, 2.05) is 0 Å². The van der Waals surface area contributed by atoms with E-state index < -0.39 is 21.8 Å². The van der Waals surface area contributed by atoms with Gasteiger partial charge in [0, 0.05) is 18.4 Å². The molecule has 1 amide bonds. The van der Waals surface area contributed by atoms with Gasteiger partial charge in [-0.3, -0.25) is 4.79 Å². The number of sulfonamides is 1. The third-order valence-corrected chi connectivity index (χ3v) is 5.71. The number of rotatable bonds is 6. The van der Waals surface area contributed by atoms with Crippen molar-refractivity contribution < 1.29 is 26.4 Å². The van der Waals surface area contributed by atoms with Gasteiger partial charge in [-0.25, -0.2) is 13.1 Å². The first-order chi connectivity index (χ1) is 12.5. The Kier molecular flexibility index (Phi) is 6.55.